The van der Waals surface area contributed by atoms with E-state index in [2.05, 4.69) is 5.32 Å². The summed E-state index contributed by atoms with van der Waals surface area (Å²) in [5, 5.41) is 12.1. The smallest absolute Gasteiger partial charge is 0.306 e. The summed E-state index contributed by atoms with van der Waals surface area (Å²) < 4.78 is 0. The molecule has 0 radical (unpaired) electrons. The molecule has 0 bridgehead atoms. The number of carbonyl (C=O) groups excluding carboxylic acids is 1. The highest BCUT2D eigenvalue weighted by molar-refractivity contribution is 5.94. The molecule has 4 nitrogen and oxygen atoms in total. The predicted octanol–water partition coefficient (Wildman–Crippen LogP) is 3.44. The lowest BCUT2D eigenvalue weighted by Gasteiger charge is -2.26. The summed E-state index contributed by atoms with van der Waals surface area (Å²) in [6.45, 7) is 6.00. The lowest BCUT2D eigenvalue weighted by molar-refractivity contribution is -0.143. The number of carboxylic acid groups (broad SMARTS) is 1. The second kappa shape index (κ2) is 6.29. The summed E-state index contributed by atoms with van der Waals surface area (Å²) in [7, 11) is 0. The predicted molar refractivity (Wildman–Crippen MR) is 82.4 cm³/mol. The van der Waals surface area contributed by atoms with Crippen molar-refractivity contribution in [3.8, 4) is 0 Å². The lowest BCUT2D eigenvalue weighted by atomic mass is 9.81. The zero-order valence-corrected chi connectivity index (χ0v) is 12.9. The highest BCUT2D eigenvalue weighted by atomic mass is 16.4. The van der Waals surface area contributed by atoms with Crippen LogP contribution >= 0.6 is 0 Å². The van der Waals surface area contributed by atoms with Crippen LogP contribution in [-0.2, 0) is 9.59 Å². The van der Waals surface area contributed by atoms with Crippen molar-refractivity contribution in [3.63, 3.8) is 0 Å². The van der Waals surface area contributed by atoms with Crippen LogP contribution in [0.25, 0.3) is 0 Å². The summed E-state index contributed by atoms with van der Waals surface area (Å²) in [6, 6.07) is 4.09. The van der Waals surface area contributed by atoms with Gasteiger partial charge in [-0.1, -0.05) is 24.1 Å². The monoisotopic (exact) mass is 289 g/mol. The highest BCUT2D eigenvalue weighted by Gasteiger charge is 2.31. The SMILES string of the molecule is Cc1cc(C)c(NC(=O)C2CCCC(C(=O)O)C2)c(C)c1. The molecule has 114 valence electrons. The van der Waals surface area contributed by atoms with Crippen molar-refractivity contribution < 1.29 is 14.7 Å². The Labute approximate surface area is 125 Å². The maximum absolute atomic E-state index is 12.4. The highest BCUT2D eigenvalue weighted by Crippen LogP contribution is 2.31. The summed E-state index contributed by atoms with van der Waals surface area (Å²) in [6.07, 6.45) is 2.72. The van der Waals surface area contributed by atoms with Gasteiger partial charge in [0.2, 0.25) is 5.91 Å². The Morgan fingerprint density at radius 1 is 1.10 bits per heavy atom. The van der Waals surface area contributed by atoms with Crippen molar-refractivity contribution in [2.24, 2.45) is 11.8 Å². The van der Waals surface area contributed by atoms with Gasteiger partial charge in [0.1, 0.15) is 0 Å². The van der Waals surface area contributed by atoms with Crippen LogP contribution in [0.15, 0.2) is 12.1 Å². The van der Waals surface area contributed by atoms with Crippen LogP contribution < -0.4 is 5.32 Å². The molecule has 2 atom stereocenters. The fourth-order valence-corrected chi connectivity index (χ4v) is 3.25. The zero-order chi connectivity index (χ0) is 15.6. The number of nitrogens with one attached hydrogen (secondary N) is 1. The number of anilines is 1. The topological polar surface area (TPSA) is 66.4 Å². The third kappa shape index (κ3) is 3.63. The van der Waals surface area contributed by atoms with Gasteiger partial charge in [-0.2, -0.15) is 0 Å². The van der Waals surface area contributed by atoms with E-state index >= 15 is 0 Å². The van der Waals surface area contributed by atoms with Gasteiger partial charge >= 0.3 is 5.97 Å². The van der Waals surface area contributed by atoms with E-state index in [-0.39, 0.29) is 17.7 Å². The third-order valence-corrected chi connectivity index (χ3v) is 4.32. The second-order valence-corrected chi connectivity index (χ2v) is 6.16. The third-order valence-electron chi connectivity index (χ3n) is 4.32. The van der Waals surface area contributed by atoms with E-state index in [9.17, 15) is 9.59 Å². The summed E-state index contributed by atoms with van der Waals surface area (Å²) in [5.41, 5.74) is 4.13. The molecule has 1 saturated carbocycles. The van der Waals surface area contributed by atoms with Crippen LogP contribution in [0.3, 0.4) is 0 Å². The number of hydrogen-bond donors (Lipinski definition) is 2. The molecule has 1 aromatic carbocycles. The minimum absolute atomic E-state index is 0.0454. The molecule has 4 heteroatoms. The van der Waals surface area contributed by atoms with Crippen LogP contribution in [0.5, 0.6) is 0 Å². The minimum atomic E-state index is -0.782. The fraction of sp³-hybridized carbons (Fsp3) is 0.529. The molecule has 1 amide bonds. The second-order valence-electron chi connectivity index (χ2n) is 6.16. The van der Waals surface area contributed by atoms with E-state index in [4.69, 9.17) is 5.11 Å². The molecule has 1 aromatic rings. The Morgan fingerprint density at radius 3 is 2.24 bits per heavy atom. The van der Waals surface area contributed by atoms with Gasteiger partial charge in [0.05, 0.1) is 5.92 Å². The molecule has 0 aromatic heterocycles. The van der Waals surface area contributed by atoms with E-state index in [0.29, 0.717) is 12.8 Å². The van der Waals surface area contributed by atoms with Gasteiger partial charge in [0, 0.05) is 11.6 Å². The molecule has 0 aliphatic heterocycles. The standard InChI is InChI=1S/C17H23NO3/c1-10-7-11(2)15(12(3)8-10)18-16(19)13-5-4-6-14(9-13)17(20)21/h7-8,13-14H,4-6,9H2,1-3H3,(H,18,19)(H,20,21). The summed E-state index contributed by atoms with van der Waals surface area (Å²) in [5.74, 6) is -1.40. The number of benzene rings is 1. The molecule has 0 heterocycles. The number of amides is 1. The van der Waals surface area contributed by atoms with E-state index in [1.165, 1.54) is 5.56 Å². The molecular formula is C17H23NO3. The average Bonchev–Trinajstić information content (AvgIpc) is 2.42. The molecule has 0 spiro atoms. The quantitative estimate of drug-likeness (QED) is 0.895. The maximum Gasteiger partial charge on any atom is 0.306 e. The fourth-order valence-electron chi connectivity index (χ4n) is 3.25. The van der Waals surface area contributed by atoms with Crippen LogP contribution in [0.2, 0.25) is 0 Å². The number of aliphatic carboxylic acids is 1. The first-order chi connectivity index (χ1) is 9.88. The van der Waals surface area contributed by atoms with Crippen molar-refractivity contribution in [1.82, 2.24) is 0 Å². The van der Waals surface area contributed by atoms with Crippen molar-refractivity contribution >= 4 is 17.6 Å². The molecule has 1 fully saturated rings. The van der Waals surface area contributed by atoms with E-state index < -0.39 is 5.97 Å². The first-order valence-corrected chi connectivity index (χ1v) is 7.50. The summed E-state index contributed by atoms with van der Waals surface area (Å²) in [4.78, 5) is 23.5. The van der Waals surface area contributed by atoms with Crippen molar-refractivity contribution in [3.05, 3.63) is 28.8 Å². The van der Waals surface area contributed by atoms with Gasteiger partial charge in [0.25, 0.3) is 0 Å². The maximum atomic E-state index is 12.4. The number of carbonyl (C=O) groups is 2. The number of rotatable bonds is 3. The van der Waals surface area contributed by atoms with Gasteiger partial charge in [-0.25, -0.2) is 0 Å². The lowest BCUT2D eigenvalue weighted by Crippen LogP contribution is -2.31. The Morgan fingerprint density at radius 2 is 1.67 bits per heavy atom. The number of carboxylic acids is 1. The van der Waals surface area contributed by atoms with E-state index in [1.807, 2.05) is 32.9 Å². The van der Waals surface area contributed by atoms with Crippen LogP contribution in [0.4, 0.5) is 5.69 Å². The van der Waals surface area contributed by atoms with Crippen molar-refractivity contribution in [2.75, 3.05) is 5.32 Å². The molecule has 21 heavy (non-hydrogen) atoms. The Hall–Kier alpha value is -1.84. The largest absolute Gasteiger partial charge is 0.481 e. The van der Waals surface area contributed by atoms with Crippen LogP contribution in [0, 0.1) is 32.6 Å². The Bertz CT molecular complexity index is 542. The molecule has 2 unspecified atom stereocenters. The Balaban J connectivity index is 2.10. The van der Waals surface area contributed by atoms with Crippen LogP contribution in [-0.4, -0.2) is 17.0 Å². The van der Waals surface area contributed by atoms with Crippen molar-refractivity contribution in [2.45, 2.75) is 46.5 Å². The van der Waals surface area contributed by atoms with Gasteiger partial charge < -0.3 is 10.4 Å². The van der Waals surface area contributed by atoms with Crippen molar-refractivity contribution in [1.29, 1.82) is 0 Å². The zero-order valence-electron chi connectivity index (χ0n) is 12.9. The van der Waals surface area contributed by atoms with Gasteiger partial charge in [-0.05, 0) is 51.2 Å². The van der Waals surface area contributed by atoms with E-state index in [0.717, 1.165) is 29.7 Å². The summed E-state index contributed by atoms with van der Waals surface area (Å²) >= 11 is 0. The van der Waals surface area contributed by atoms with Gasteiger partial charge in [0.15, 0.2) is 0 Å². The number of aryl methyl sites for hydroxylation is 3. The molecule has 2 N–H and O–H groups in total. The average molecular weight is 289 g/mol. The van der Waals surface area contributed by atoms with Gasteiger partial charge in [-0.15, -0.1) is 0 Å². The molecular weight excluding hydrogens is 266 g/mol. The normalized spacial score (nSPS) is 21.9. The van der Waals surface area contributed by atoms with Gasteiger partial charge in [-0.3, -0.25) is 9.59 Å². The first-order valence-electron chi connectivity index (χ1n) is 7.50. The number of hydrogen-bond acceptors (Lipinski definition) is 2. The molecule has 0 saturated heterocycles. The first kappa shape index (κ1) is 15.5. The van der Waals surface area contributed by atoms with E-state index in [1.54, 1.807) is 0 Å². The molecule has 1 aliphatic rings. The molecule has 1 aliphatic carbocycles. The molecule has 2 rings (SSSR count). The van der Waals surface area contributed by atoms with Crippen LogP contribution in [0.1, 0.15) is 42.4 Å². The minimum Gasteiger partial charge on any atom is -0.481 e. The Kier molecular flexibility index (Phi) is 4.66.